The zero-order valence-electron chi connectivity index (χ0n) is 20.4. The molecule has 1 N–H and O–H groups in total. The predicted octanol–water partition coefficient (Wildman–Crippen LogP) is 3.43. The van der Waals surface area contributed by atoms with Crippen LogP contribution in [0.25, 0.3) is 10.9 Å². The summed E-state index contributed by atoms with van der Waals surface area (Å²) in [6, 6.07) is 14.7. The molecule has 36 heavy (non-hydrogen) atoms. The molecule has 2 aromatic carbocycles. The maximum atomic E-state index is 12.6. The molecule has 0 saturated carbocycles. The Balaban J connectivity index is 1.21. The average Bonchev–Trinajstić information content (AvgIpc) is 2.91. The van der Waals surface area contributed by atoms with E-state index in [2.05, 4.69) is 4.90 Å². The van der Waals surface area contributed by atoms with Crippen molar-refractivity contribution >= 4 is 17.0 Å². The van der Waals surface area contributed by atoms with Crippen molar-refractivity contribution in [3.63, 3.8) is 0 Å². The molecule has 0 bridgehead atoms. The summed E-state index contributed by atoms with van der Waals surface area (Å²) in [5.41, 5.74) is 1.70. The van der Waals surface area contributed by atoms with Gasteiger partial charge in [-0.2, -0.15) is 0 Å². The van der Waals surface area contributed by atoms with Crippen LogP contribution in [0.5, 0.6) is 17.2 Å². The lowest BCUT2D eigenvalue weighted by molar-refractivity contribution is 0.0856. The van der Waals surface area contributed by atoms with Gasteiger partial charge >= 0.3 is 6.09 Å². The minimum absolute atomic E-state index is 0.0397. The van der Waals surface area contributed by atoms with Gasteiger partial charge in [-0.15, -0.1) is 0 Å². The number of piperidine rings is 1. The van der Waals surface area contributed by atoms with E-state index >= 15 is 0 Å². The molecule has 1 aromatic heterocycles. The van der Waals surface area contributed by atoms with Gasteiger partial charge in [0, 0.05) is 50.9 Å². The van der Waals surface area contributed by atoms with E-state index in [1.807, 2.05) is 42.5 Å². The van der Waals surface area contributed by atoms with Gasteiger partial charge in [0.2, 0.25) is 0 Å². The van der Waals surface area contributed by atoms with Crippen LogP contribution in [-0.2, 0) is 13.1 Å². The molecule has 3 heterocycles. The minimum atomic E-state index is -0.917. The fraction of sp³-hybridized carbons (Fsp3) is 0.407. The smallest absolute Gasteiger partial charge is 0.407 e. The summed E-state index contributed by atoms with van der Waals surface area (Å²) >= 11 is 0. The summed E-state index contributed by atoms with van der Waals surface area (Å²) in [6.07, 6.45) is 0.573. The third-order valence-corrected chi connectivity index (χ3v) is 7.04. The van der Waals surface area contributed by atoms with Crippen molar-refractivity contribution in [2.24, 2.45) is 0 Å². The Kier molecular flexibility index (Phi) is 6.99. The highest BCUT2D eigenvalue weighted by atomic mass is 16.6. The second kappa shape index (κ2) is 10.5. The topological polar surface area (TPSA) is 93.5 Å². The van der Waals surface area contributed by atoms with Crippen molar-refractivity contribution in [1.82, 2.24) is 14.4 Å². The molecule has 2 aliphatic heterocycles. The van der Waals surface area contributed by atoms with E-state index in [9.17, 15) is 14.7 Å². The lowest BCUT2D eigenvalue weighted by Gasteiger charge is -2.37. The molecule has 3 aromatic rings. The zero-order chi connectivity index (χ0) is 25.1. The van der Waals surface area contributed by atoms with Gasteiger partial charge in [0.15, 0.2) is 11.5 Å². The van der Waals surface area contributed by atoms with Crippen LogP contribution in [0.3, 0.4) is 0 Å². The summed E-state index contributed by atoms with van der Waals surface area (Å²) in [6.45, 7) is 4.16. The van der Waals surface area contributed by atoms with Crippen LogP contribution in [0.4, 0.5) is 4.79 Å². The highest BCUT2D eigenvalue weighted by molar-refractivity contribution is 5.80. The number of nitrogens with zero attached hydrogens (tertiary/aromatic N) is 3. The van der Waals surface area contributed by atoms with E-state index in [0.29, 0.717) is 37.8 Å². The molecule has 1 saturated heterocycles. The summed E-state index contributed by atoms with van der Waals surface area (Å²) in [5, 5.41) is 10.9. The first-order chi connectivity index (χ1) is 17.5. The number of ether oxygens (including phenoxy) is 3. The first-order valence-corrected chi connectivity index (χ1v) is 12.3. The quantitative estimate of drug-likeness (QED) is 0.539. The Morgan fingerprint density at radius 3 is 2.53 bits per heavy atom. The second-order valence-electron chi connectivity index (χ2n) is 9.21. The van der Waals surface area contributed by atoms with Gasteiger partial charge in [0.1, 0.15) is 19.0 Å². The summed E-state index contributed by atoms with van der Waals surface area (Å²) in [5.74, 6) is 2.08. The first-order valence-electron chi connectivity index (χ1n) is 12.3. The number of hydrogen-bond donors (Lipinski definition) is 1. The summed E-state index contributed by atoms with van der Waals surface area (Å²) < 4.78 is 18.3. The van der Waals surface area contributed by atoms with Crippen molar-refractivity contribution in [1.29, 1.82) is 0 Å². The number of aromatic nitrogens is 1. The summed E-state index contributed by atoms with van der Waals surface area (Å²) in [7, 11) is 1.62. The number of amides is 1. The number of rotatable bonds is 7. The van der Waals surface area contributed by atoms with E-state index < -0.39 is 6.09 Å². The van der Waals surface area contributed by atoms with Gasteiger partial charge in [-0.3, -0.25) is 4.79 Å². The number of likely N-dealkylation sites (tertiary alicyclic amines) is 1. The van der Waals surface area contributed by atoms with E-state index in [-0.39, 0.29) is 11.6 Å². The molecule has 0 aliphatic carbocycles. The van der Waals surface area contributed by atoms with E-state index in [1.54, 1.807) is 17.7 Å². The van der Waals surface area contributed by atoms with Gasteiger partial charge in [0.05, 0.1) is 12.6 Å². The number of pyridine rings is 1. The Bertz CT molecular complexity index is 1300. The highest BCUT2D eigenvalue weighted by Gasteiger charge is 2.28. The van der Waals surface area contributed by atoms with Crippen LogP contribution in [0.2, 0.25) is 0 Å². The van der Waals surface area contributed by atoms with Crippen LogP contribution in [0.15, 0.2) is 53.3 Å². The third kappa shape index (κ3) is 5.11. The largest absolute Gasteiger partial charge is 0.497 e. The Labute approximate surface area is 209 Å². The SMILES string of the molecule is COc1ccc2ccc(=O)n(CCN3CCC(N(Cc4ccc5c(c4)OCCO5)C(=O)O)CC3)c2c1. The van der Waals surface area contributed by atoms with E-state index in [0.717, 1.165) is 54.7 Å². The third-order valence-electron chi connectivity index (χ3n) is 7.04. The van der Waals surface area contributed by atoms with Crippen molar-refractivity contribution in [3.05, 3.63) is 64.4 Å². The predicted molar refractivity (Wildman–Crippen MR) is 135 cm³/mol. The molecule has 9 nitrogen and oxygen atoms in total. The van der Waals surface area contributed by atoms with Gasteiger partial charge < -0.3 is 33.7 Å². The zero-order valence-corrected chi connectivity index (χ0v) is 20.4. The standard InChI is InChI=1S/C27H31N3O6/c1-34-22-5-3-20-4-7-26(31)29(23(20)17-22)13-12-28-10-8-21(9-11-28)30(27(32)33)18-19-2-6-24-25(16-19)36-15-14-35-24/h2-7,16-17,21H,8-15,18H2,1H3,(H,32,33). The number of hydrogen-bond acceptors (Lipinski definition) is 6. The van der Waals surface area contributed by atoms with Crippen molar-refractivity contribution in [2.75, 3.05) is 40.0 Å². The van der Waals surface area contributed by atoms with Crippen molar-refractivity contribution < 1.29 is 24.1 Å². The maximum Gasteiger partial charge on any atom is 0.407 e. The van der Waals surface area contributed by atoms with Gasteiger partial charge in [-0.05, 0) is 54.1 Å². The Morgan fingerprint density at radius 2 is 1.78 bits per heavy atom. The van der Waals surface area contributed by atoms with Gasteiger partial charge in [-0.1, -0.05) is 6.07 Å². The molecule has 1 fully saturated rings. The molecule has 2 aliphatic rings. The van der Waals surface area contributed by atoms with Crippen molar-refractivity contribution in [3.8, 4) is 17.2 Å². The van der Waals surface area contributed by atoms with E-state index in [1.165, 1.54) is 4.90 Å². The number of carbonyl (C=O) groups is 1. The van der Waals surface area contributed by atoms with Crippen molar-refractivity contribution in [2.45, 2.75) is 32.0 Å². The normalized spacial score (nSPS) is 16.1. The van der Waals surface area contributed by atoms with Crippen LogP contribution in [0.1, 0.15) is 18.4 Å². The Morgan fingerprint density at radius 1 is 1.03 bits per heavy atom. The van der Waals surface area contributed by atoms with Gasteiger partial charge in [0.25, 0.3) is 5.56 Å². The van der Waals surface area contributed by atoms with E-state index in [4.69, 9.17) is 14.2 Å². The molecular formula is C27H31N3O6. The number of benzene rings is 2. The molecule has 9 heteroatoms. The van der Waals surface area contributed by atoms with Crippen LogP contribution in [0, 0.1) is 0 Å². The number of carboxylic acid groups (broad SMARTS) is 1. The second-order valence-corrected chi connectivity index (χ2v) is 9.21. The fourth-order valence-electron chi connectivity index (χ4n) is 5.06. The summed E-state index contributed by atoms with van der Waals surface area (Å²) in [4.78, 5) is 28.5. The molecule has 0 radical (unpaired) electrons. The number of fused-ring (bicyclic) bond motifs is 2. The maximum absolute atomic E-state index is 12.6. The monoisotopic (exact) mass is 493 g/mol. The molecule has 0 unspecified atom stereocenters. The van der Waals surface area contributed by atoms with Crippen LogP contribution < -0.4 is 19.8 Å². The first kappa shape index (κ1) is 24.0. The average molecular weight is 494 g/mol. The highest BCUT2D eigenvalue weighted by Crippen LogP contribution is 2.31. The lowest BCUT2D eigenvalue weighted by Crippen LogP contribution is -2.47. The van der Waals surface area contributed by atoms with Crippen LogP contribution >= 0.6 is 0 Å². The van der Waals surface area contributed by atoms with Gasteiger partial charge in [-0.25, -0.2) is 4.79 Å². The Hall–Kier alpha value is -3.72. The lowest BCUT2D eigenvalue weighted by atomic mass is 10.0. The molecular weight excluding hydrogens is 462 g/mol. The molecule has 5 rings (SSSR count). The minimum Gasteiger partial charge on any atom is -0.497 e. The molecule has 0 spiro atoms. The van der Waals surface area contributed by atoms with Crippen LogP contribution in [-0.4, -0.2) is 71.6 Å². The molecule has 190 valence electrons. The molecule has 1 amide bonds. The number of methoxy groups -OCH3 is 1. The fourth-order valence-corrected chi connectivity index (χ4v) is 5.06. The molecule has 0 atom stereocenters.